The van der Waals surface area contributed by atoms with Gasteiger partial charge in [-0.3, -0.25) is 4.79 Å². The van der Waals surface area contributed by atoms with Crippen LogP contribution < -0.4 is 10.6 Å². The molecule has 1 amide bonds. The van der Waals surface area contributed by atoms with Gasteiger partial charge in [-0.2, -0.15) is 0 Å². The molecule has 0 spiro atoms. The van der Waals surface area contributed by atoms with Crippen LogP contribution in [0.25, 0.3) is 0 Å². The fourth-order valence-corrected chi connectivity index (χ4v) is 1.66. The van der Waals surface area contributed by atoms with E-state index in [1.807, 2.05) is 6.92 Å². The Bertz CT molecular complexity index is 277. The van der Waals surface area contributed by atoms with Crippen molar-refractivity contribution in [2.45, 2.75) is 32.4 Å². The van der Waals surface area contributed by atoms with Gasteiger partial charge < -0.3 is 20.5 Å². The van der Waals surface area contributed by atoms with E-state index in [2.05, 4.69) is 10.6 Å². The summed E-state index contributed by atoms with van der Waals surface area (Å²) in [4.78, 5) is 22.8. The molecule has 0 aromatic rings. The molecule has 0 bridgehead atoms. The van der Waals surface area contributed by atoms with Crippen LogP contribution in [0, 0.1) is 5.92 Å². The Morgan fingerprint density at radius 2 is 2.29 bits per heavy atom. The SMILES string of the molecule is CCC(C)C(NC(=O)C1CNCCO1)C(=O)O. The summed E-state index contributed by atoms with van der Waals surface area (Å²) in [5.74, 6) is -1.46. The molecule has 1 saturated heterocycles. The summed E-state index contributed by atoms with van der Waals surface area (Å²) >= 11 is 0. The zero-order valence-electron chi connectivity index (χ0n) is 10.2. The van der Waals surface area contributed by atoms with Crippen LogP contribution in [0.4, 0.5) is 0 Å². The van der Waals surface area contributed by atoms with Crippen molar-refractivity contribution in [3.05, 3.63) is 0 Å². The van der Waals surface area contributed by atoms with Crippen molar-refractivity contribution < 1.29 is 19.4 Å². The van der Waals surface area contributed by atoms with Crippen molar-refractivity contribution in [1.29, 1.82) is 0 Å². The fraction of sp³-hybridized carbons (Fsp3) is 0.818. The van der Waals surface area contributed by atoms with Crippen LogP contribution in [-0.4, -0.2) is 48.8 Å². The van der Waals surface area contributed by atoms with Gasteiger partial charge in [0.1, 0.15) is 12.1 Å². The van der Waals surface area contributed by atoms with Gasteiger partial charge in [0.2, 0.25) is 0 Å². The number of morpholine rings is 1. The Morgan fingerprint density at radius 1 is 1.59 bits per heavy atom. The molecule has 6 heteroatoms. The highest BCUT2D eigenvalue weighted by atomic mass is 16.5. The first-order chi connectivity index (χ1) is 8.06. The summed E-state index contributed by atoms with van der Waals surface area (Å²) in [5.41, 5.74) is 0. The number of carboxylic acid groups (broad SMARTS) is 1. The normalized spacial score (nSPS) is 23.8. The maximum atomic E-state index is 11.8. The number of amides is 1. The van der Waals surface area contributed by atoms with E-state index in [1.165, 1.54) is 0 Å². The number of rotatable bonds is 5. The minimum absolute atomic E-state index is 0.104. The molecule has 1 rings (SSSR count). The van der Waals surface area contributed by atoms with Crippen LogP contribution in [0.3, 0.4) is 0 Å². The summed E-state index contributed by atoms with van der Waals surface area (Å²) in [6.45, 7) is 5.32. The Morgan fingerprint density at radius 3 is 2.76 bits per heavy atom. The fourth-order valence-electron chi connectivity index (χ4n) is 1.66. The Balaban J connectivity index is 2.53. The minimum Gasteiger partial charge on any atom is -0.480 e. The highest BCUT2D eigenvalue weighted by Gasteiger charge is 2.29. The lowest BCUT2D eigenvalue weighted by atomic mass is 9.99. The summed E-state index contributed by atoms with van der Waals surface area (Å²) < 4.78 is 5.27. The standard InChI is InChI=1S/C11H20N2O4/c1-3-7(2)9(11(15)16)13-10(14)8-6-12-4-5-17-8/h7-9,12H,3-6H2,1-2H3,(H,13,14)(H,15,16). The molecule has 0 radical (unpaired) electrons. The summed E-state index contributed by atoms with van der Waals surface area (Å²) in [6.07, 6.45) is 0.107. The van der Waals surface area contributed by atoms with E-state index in [0.29, 0.717) is 19.6 Å². The van der Waals surface area contributed by atoms with Crippen LogP contribution >= 0.6 is 0 Å². The van der Waals surface area contributed by atoms with E-state index in [-0.39, 0.29) is 11.8 Å². The molecule has 17 heavy (non-hydrogen) atoms. The lowest BCUT2D eigenvalue weighted by molar-refractivity contribution is -0.146. The second kappa shape index (κ2) is 6.56. The van der Waals surface area contributed by atoms with Gasteiger partial charge in [-0.15, -0.1) is 0 Å². The smallest absolute Gasteiger partial charge is 0.326 e. The molecule has 98 valence electrons. The second-order valence-electron chi connectivity index (χ2n) is 4.27. The molecule has 0 aliphatic carbocycles. The van der Waals surface area contributed by atoms with E-state index in [4.69, 9.17) is 9.84 Å². The van der Waals surface area contributed by atoms with Crippen LogP contribution in [0.5, 0.6) is 0 Å². The Labute approximate surface area is 101 Å². The molecule has 3 atom stereocenters. The molecular weight excluding hydrogens is 224 g/mol. The monoisotopic (exact) mass is 244 g/mol. The molecular formula is C11H20N2O4. The first-order valence-electron chi connectivity index (χ1n) is 5.91. The van der Waals surface area contributed by atoms with E-state index in [9.17, 15) is 9.59 Å². The Kier molecular flexibility index (Phi) is 5.37. The highest BCUT2D eigenvalue weighted by molar-refractivity contribution is 5.86. The van der Waals surface area contributed by atoms with Gasteiger partial charge in [-0.1, -0.05) is 20.3 Å². The van der Waals surface area contributed by atoms with Gasteiger partial charge in [-0.05, 0) is 5.92 Å². The van der Waals surface area contributed by atoms with Gasteiger partial charge in [0.05, 0.1) is 6.61 Å². The van der Waals surface area contributed by atoms with Gasteiger partial charge in [-0.25, -0.2) is 4.79 Å². The average molecular weight is 244 g/mol. The van der Waals surface area contributed by atoms with Crippen molar-refractivity contribution in [3.63, 3.8) is 0 Å². The van der Waals surface area contributed by atoms with E-state index >= 15 is 0 Å². The van der Waals surface area contributed by atoms with Crippen molar-refractivity contribution in [2.24, 2.45) is 5.92 Å². The number of carbonyl (C=O) groups excluding carboxylic acids is 1. The molecule has 3 unspecified atom stereocenters. The number of aliphatic carboxylic acids is 1. The first kappa shape index (κ1) is 13.9. The molecule has 6 nitrogen and oxygen atoms in total. The zero-order valence-corrected chi connectivity index (χ0v) is 10.2. The van der Waals surface area contributed by atoms with Crippen LogP contribution in [0.1, 0.15) is 20.3 Å². The van der Waals surface area contributed by atoms with E-state index in [1.54, 1.807) is 6.92 Å². The second-order valence-corrected chi connectivity index (χ2v) is 4.27. The molecule has 1 aliphatic heterocycles. The highest BCUT2D eigenvalue weighted by Crippen LogP contribution is 2.08. The number of carboxylic acids is 1. The predicted octanol–water partition coefficient (Wildman–Crippen LogP) is -0.410. The largest absolute Gasteiger partial charge is 0.480 e. The predicted molar refractivity (Wildman–Crippen MR) is 61.6 cm³/mol. The van der Waals surface area contributed by atoms with E-state index < -0.39 is 18.1 Å². The third-order valence-electron chi connectivity index (χ3n) is 3.00. The van der Waals surface area contributed by atoms with Crippen LogP contribution in [0.15, 0.2) is 0 Å². The van der Waals surface area contributed by atoms with Crippen molar-refractivity contribution in [1.82, 2.24) is 10.6 Å². The van der Waals surface area contributed by atoms with Crippen LogP contribution in [0.2, 0.25) is 0 Å². The number of hydrogen-bond acceptors (Lipinski definition) is 4. The quantitative estimate of drug-likeness (QED) is 0.612. The first-order valence-corrected chi connectivity index (χ1v) is 5.91. The van der Waals surface area contributed by atoms with Gasteiger partial charge >= 0.3 is 5.97 Å². The number of nitrogens with one attached hydrogen (secondary N) is 2. The van der Waals surface area contributed by atoms with Crippen LogP contribution in [-0.2, 0) is 14.3 Å². The molecule has 1 fully saturated rings. The third-order valence-corrected chi connectivity index (χ3v) is 3.00. The Hall–Kier alpha value is -1.14. The minimum atomic E-state index is -1.00. The van der Waals surface area contributed by atoms with Crippen molar-refractivity contribution in [3.8, 4) is 0 Å². The average Bonchev–Trinajstić information content (AvgIpc) is 2.35. The molecule has 1 heterocycles. The van der Waals surface area contributed by atoms with Crippen molar-refractivity contribution >= 4 is 11.9 Å². The summed E-state index contributed by atoms with van der Waals surface area (Å²) in [5, 5.41) is 14.6. The maximum absolute atomic E-state index is 11.8. The lowest BCUT2D eigenvalue weighted by Gasteiger charge is -2.26. The van der Waals surface area contributed by atoms with E-state index in [0.717, 1.165) is 6.54 Å². The maximum Gasteiger partial charge on any atom is 0.326 e. The summed E-state index contributed by atoms with van der Waals surface area (Å²) in [6, 6.07) is -0.849. The van der Waals surface area contributed by atoms with Gasteiger partial charge in [0.15, 0.2) is 0 Å². The summed E-state index contributed by atoms with van der Waals surface area (Å²) in [7, 11) is 0. The lowest BCUT2D eigenvalue weighted by Crippen LogP contribution is -2.53. The molecule has 0 saturated carbocycles. The number of hydrogen-bond donors (Lipinski definition) is 3. The molecule has 0 aromatic carbocycles. The molecule has 1 aliphatic rings. The molecule has 0 aromatic heterocycles. The zero-order chi connectivity index (χ0) is 12.8. The van der Waals surface area contributed by atoms with Gasteiger partial charge in [0, 0.05) is 13.1 Å². The topological polar surface area (TPSA) is 87.7 Å². The number of carbonyl (C=O) groups is 2. The molecule has 3 N–H and O–H groups in total. The van der Waals surface area contributed by atoms with Gasteiger partial charge in [0.25, 0.3) is 5.91 Å². The number of ether oxygens (including phenoxy) is 1. The third kappa shape index (κ3) is 3.98. The van der Waals surface area contributed by atoms with Crippen molar-refractivity contribution in [2.75, 3.05) is 19.7 Å².